The second-order valence-corrected chi connectivity index (χ2v) is 8.06. The van der Waals surface area contributed by atoms with Crippen LogP contribution in [0.15, 0.2) is 24.8 Å². The van der Waals surface area contributed by atoms with Gasteiger partial charge in [0.05, 0.1) is 5.69 Å². The van der Waals surface area contributed by atoms with Crippen LogP contribution in [0, 0.1) is 18.3 Å². The smallest absolute Gasteiger partial charge is 0.131 e. The minimum Gasteiger partial charge on any atom is -0.396 e. The Morgan fingerprint density at radius 3 is 2.74 bits per heavy atom. The van der Waals surface area contributed by atoms with Crippen molar-refractivity contribution in [2.45, 2.75) is 39.8 Å². The average Bonchev–Trinajstić information content (AvgIpc) is 3.25. The van der Waals surface area contributed by atoms with E-state index in [4.69, 9.17) is 0 Å². The molecule has 2 aromatic rings. The molecule has 146 valence electrons. The zero-order valence-corrected chi connectivity index (χ0v) is 16.4. The van der Waals surface area contributed by atoms with Crippen molar-refractivity contribution in [1.82, 2.24) is 24.6 Å². The molecule has 7 heteroatoms. The van der Waals surface area contributed by atoms with Crippen LogP contribution in [0.5, 0.6) is 0 Å². The fourth-order valence-electron chi connectivity index (χ4n) is 4.77. The first-order chi connectivity index (χ1) is 13.1. The Labute approximate surface area is 161 Å². The first-order valence-corrected chi connectivity index (χ1v) is 10.0. The van der Waals surface area contributed by atoms with Gasteiger partial charge in [-0.15, -0.1) is 0 Å². The van der Waals surface area contributed by atoms with Crippen molar-refractivity contribution in [3.05, 3.63) is 36.0 Å². The lowest BCUT2D eigenvalue weighted by Crippen LogP contribution is -2.44. The van der Waals surface area contributed by atoms with Crippen molar-refractivity contribution in [1.29, 1.82) is 0 Å². The summed E-state index contributed by atoms with van der Waals surface area (Å²) < 4.78 is 2.02. The molecule has 2 aliphatic heterocycles. The van der Waals surface area contributed by atoms with Crippen LogP contribution >= 0.6 is 0 Å². The van der Waals surface area contributed by atoms with Gasteiger partial charge in [0, 0.05) is 56.7 Å². The van der Waals surface area contributed by atoms with E-state index in [0.29, 0.717) is 5.92 Å². The number of aliphatic hydroxyl groups excluding tert-OH is 1. The van der Waals surface area contributed by atoms with Crippen LogP contribution in [0.3, 0.4) is 0 Å². The van der Waals surface area contributed by atoms with E-state index in [9.17, 15) is 5.11 Å². The molecule has 1 spiro atoms. The zero-order valence-electron chi connectivity index (χ0n) is 16.4. The molecule has 1 unspecified atom stereocenters. The van der Waals surface area contributed by atoms with Gasteiger partial charge in [-0.3, -0.25) is 9.58 Å². The van der Waals surface area contributed by atoms with E-state index in [2.05, 4.69) is 44.9 Å². The highest BCUT2D eigenvalue weighted by Crippen LogP contribution is 2.45. The van der Waals surface area contributed by atoms with Gasteiger partial charge in [-0.25, -0.2) is 9.97 Å². The van der Waals surface area contributed by atoms with E-state index in [1.165, 1.54) is 5.56 Å². The number of piperidine rings is 1. The van der Waals surface area contributed by atoms with E-state index in [1.807, 2.05) is 10.7 Å². The topological polar surface area (TPSA) is 70.3 Å². The molecule has 1 atom stereocenters. The van der Waals surface area contributed by atoms with Gasteiger partial charge in [0.25, 0.3) is 0 Å². The Morgan fingerprint density at radius 2 is 2.11 bits per heavy atom. The molecule has 0 aromatic carbocycles. The summed E-state index contributed by atoms with van der Waals surface area (Å²) in [6.45, 7) is 10.4. The third kappa shape index (κ3) is 3.58. The van der Waals surface area contributed by atoms with Crippen molar-refractivity contribution in [2.24, 2.45) is 11.3 Å². The molecule has 27 heavy (non-hydrogen) atoms. The molecule has 2 aliphatic rings. The largest absolute Gasteiger partial charge is 0.396 e. The number of nitrogens with zero attached hydrogens (tertiary/aromatic N) is 6. The van der Waals surface area contributed by atoms with E-state index in [-0.39, 0.29) is 12.0 Å². The highest BCUT2D eigenvalue weighted by atomic mass is 16.3. The van der Waals surface area contributed by atoms with Gasteiger partial charge in [0.1, 0.15) is 12.1 Å². The van der Waals surface area contributed by atoms with E-state index < -0.39 is 0 Å². The van der Waals surface area contributed by atoms with Crippen LogP contribution in [0.4, 0.5) is 5.82 Å². The summed E-state index contributed by atoms with van der Waals surface area (Å²) in [4.78, 5) is 13.3. The first-order valence-electron chi connectivity index (χ1n) is 10.0. The number of rotatable bonds is 5. The van der Waals surface area contributed by atoms with E-state index >= 15 is 0 Å². The quantitative estimate of drug-likeness (QED) is 0.864. The van der Waals surface area contributed by atoms with Gasteiger partial charge in [0.15, 0.2) is 0 Å². The number of anilines is 1. The predicted molar refractivity (Wildman–Crippen MR) is 104 cm³/mol. The summed E-state index contributed by atoms with van der Waals surface area (Å²) in [5, 5.41) is 14.6. The molecule has 0 amide bonds. The van der Waals surface area contributed by atoms with Crippen molar-refractivity contribution >= 4 is 5.82 Å². The highest BCUT2D eigenvalue weighted by Gasteiger charge is 2.48. The minimum absolute atomic E-state index is 0.193. The number of aliphatic hydroxyl groups is 1. The lowest BCUT2D eigenvalue weighted by atomic mass is 9.71. The van der Waals surface area contributed by atoms with Crippen LogP contribution in [-0.2, 0) is 13.1 Å². The summed E-state index contributed by atoms with van der Waals surface area (Å²) in [6, 6.07) is 1.97. The Kier molecular flexibility index (Phi) is 5.14. The third-order valence-electron chi connectivity index (χ3n) is 6.54. The van der Waals surface area contributed by atoms with Crippen molar-refractivity contribution in [2.75, 3.05) is 37.7 Å². The molecule has 2 aromatic heterocycles. The van der Waals surface area contributed by atoms with Gasteiger partial charge < -0.3 is 10.0 Å². The molecule has 2 fully saturated rings. The fraction of sp³-hybridized carbons (Fsp3) is 0.650. The van der Waals surface area contributed by atoms with Crippen LogP contribution in [0.2, 0.25) is 0 Å². The van der Waals surface area contributed by atoms with Gasteiger partial charge >= 0.3 is 0 Å². The van der Waals surface area contributed by atoms with Crippen LogP contribution in [0.1, 0.15) is 31.0 Å². The van der Waals surface area contributed by atoms with Gasteiger partial charge in [-0.1, -0.05) is 0 Å². The number of hydrogen-bond acceptors (Lipinski definition) is 6. The van der Waals surface area contributed by atoms with Crippen LogP contribution < -0.4 is 4.90 Å². The Hall–Kier alpha value is -1.99. The molecule has 4 heterocycles. The lowest BCUT2D eigenvalue weighted by Gasteiger charge is -2.42. The molecule has 0 bridgehead atoms. The number of aromatic nitrogens is 4. The number of likely N-dealkylation sites (tertiary alicyclic amines) is 1. The third-order valence-corrected chi connectivity index (χ3v) is 6.54. The number of hydrogen-bond donors (Lipinski definition) is 1. The van der Waals surface area contributed by atoms with E-state index in [0.717, 1.165) is 63.6 Å². The average molecular weight is 371 g/mol. The number of aryl methyl sites for hydroxylation is 2. The van der Waals surface area contributed by atoms with Gasteiger partial charge in [-0.05, 0) is 51.3 Å². The van der Waals surface area contributed by atoms with E-state index in [1.54, 1.807) is 12.5 Å². The van der Waals surface area contributed by atoms with Crippen molar-refractivity contribution < 1.29 is 5.11 Å². The zero-order chi connectivity index (χ0) is 18.9. The molecule has 0 saturated carbocycles. The SMILES string of the molecule is CCn1cc(CN2CCC3(CC2)CN(c2ccncn2)CC3CO)c(C)n1. The van der Waals surface area contributed by atoms with Crippen LogP contribution in [-0.4, -0.2) is 62.5 Å². The molecular formula is C20H30N6O. The summed E-state index contributed by atoms with van der Waals surface area (Å²) in [5.41, 5.74) is 2.67. The molecular weight excluding hydrogens is 340 g/mol. The molecule has 0 aliphatic carbocycles. The summed E-state index contributed by atoms with van der Waals surface area (Å²) >= 11 is 0. The summed E-state index contributed by atoms with van der Waals surface area (Å²) in [5.74, 6) is 1.30. The van der Waals surface area contributed by atoms with Crippen LogP contribution in [0.25, 0.3) is 0 Å². The van der Waals surface area contributed by atoms with Crippen molar-refractivity contribution in [3.63, 3.8) is 0 Å². The van der Waals surface area contributed by atoms with Gasteiger partial charge in [-0.2, -0.15) is 5.10 Å². The highest BCUT2D eigenvalue weighted by molar-refractivity contribution is 5.39. The minimum atomic E-state index is 0.193. The molecule has 4 rings (SSSR count). The Bertz CT molecular complexity index is 753. The second kappa shape index (κ2) is 7.56. The molecule has 7 nitrogen and oxygen atoms in total. The molecule has 1 N–H and O–H groups in total. The maximum absolute atomic E-state index is 10.0. The molecule has 2 saturated heterocycles. The van der Waals surface area contributed by atoms with Gasteiger partial charge in [0.2, 0.25) is 0 Å². The monoisotopic (exact) mass is 370 g/mol. The summed E-state index contributed by atoms with van der Waals surface area (Å²) in [7, 11) is 0. The maximum Gasteiger partial charge on any atom is 0.131 e. The predicted octanol–water partition coefficient (Wildman–Crippen LogP) is 1.71. The first kappa shape index (κ1) is 18.4. The second-order valence-electron chi connectivity index (χ2n) is 8.06. The normalized spacial score (nSPS) is 22.6. The Balaban J connectivity index is 1.41. The molecule has 0 radical (unpaired) electrons. The fourth-order valence-corrected chi connectivity index (χ4v) is 4.77. The maximum atomic E-state index is 10.0. The van der Waals surface area contributed by atoms with Crippen molar-refractivity contribution in [3.8, 4) is 0 Å². The lowest BCUT2D eigenvalue weighted by molar-refractivity contribution is 0.0506. The summed E-state index contributed by atoms with van der Waals surface area (Å²) in [6.07, 6.45) is 7.84. The Morgan fingerprint density at radius 1 is 1.30 bits per heavy atom. The standard InChI is InChI=1S/C20H30N6O/c1-3-26-11-17(16(2)23-26)10-24-8-5-20(6-9-24)14-25(12-18(20)13-27)19-4-7-21-15-22-19/h4,7,11,15,18,27H,3,5-6,8-10,12-14H2,1-2H3.